The zero-order chi connectivity index (χ0) is 7.98. The largest absolute Gasteiger partial charge is 0.122 e. The lowest BCUT2D eigenvalue weighted by atomic mass is 10.2. The van der Waals surface area contributed by atoms with Crippen molar-refractivity contribution < 1.29 is 0 Å². The molecule has 0 fully saturated rings. The van der Waals surface area contributed by atoms with Gasteiger partial charge in [0.25, 0.3) is 0 Å². The second kappa shape index (κ2) is 5.82. The van der Waals surface area contributed by atoms with Gasteiger partial charge >= 0.3 is 0 Å². The first-order valence-electron chi connectivity index (χ1n) is 3.32. The van der Waals surface area contributed by atoms with Gasteiger partial charge in [0, 0.05) is 10.9 Å². The predicted molar refractivity (Wildman–Crippen MR) is 48.7 cm³/mol. The molecule has 0 bridgehead atoms. The molecule has 0 rings (SSSR count). The predicted octanol–water partition coefficient (Wildman–Crippen LogP) is 3.70. The Morgan fingerprint density at radius 2 is 2.10 bits per heavy atom. The SMILES string of the molecule is C/C=C\C(Cl)=C(\CC)CCl. The number of halogens is 2. The smallest absolute Gasteiger partial charge is 0.0450 e. The molecule has 2 heteroatoms. The lowest BCUT2D eigenvalue weighted by molar-refractivity contribution is 1.10. The van der Waals surface area contributed by atoms with Crippen molar-refractivity contribution in [2.45, 2.75) is 20.3 Å². The van der Waals surface area contributed by atoms with Gasteiger partial charge in [-0.15, -0.1) is 11.6 Å². The van der Waals surface area contributed by atoms with Crippen LogP contribution in [-0.4, -0.2) is 5.88 Å². The van der Waals surface area contributed by atoms with Crippen molar-refractivity contribution in [3.05, 3.63) is 22.8 Å². The Bertz CT molecular complexity index is 139. The summed E-state index contributed by atoms with van der Waals surface area (Å²) >= 11 is 11.5. The van der Waals surface area contributed by atoms with Gasteiger partial charge in [0.15, 0.2) is 0 Å². The average Bonchev–Trinajstić information content (AvgIpc) is 1.91. The van der Waals surface area contributed by atoms with Crippen LogP contribution in [0.3, 0.4) is 0 Å². The number of hydrogen-bond acceptors (Lipinski definition) is 0. The molecule has 0 atom stereocenters. The third-order valence-electron chi connectivity index (χ3n) is 1.24. The Hall–Kier alpha value is 0.0600. The fraction of sp³-hybridized carbons (Fsp3) is 0.500. The van der Waals surface area contributed by atoms with E-state index >= 15 is 0 Å². The van der Waals surface area contributed by atoms with E-state index in [1.54, 1.807) is 0 Å². The third kappa shape index (κ3) is 3.28. The van der Waals surface area contributed by atoms with Gasteiger partial charge in [0.1, 0.15) is 0 Å². The summed E-state index contributed by atoms with van der Waals surface area (Å²) < 4.78 is 0. The molecule has 10 heavy (non-hydrogen) atoms. The first-order valence-corrected chi connectivity index (χ1v) is 4.23. The van der Waals surface area contributed by atoms with Gasteiger partial charge in [-0.1, -0.05) is 24.6 Å². The van der Waals surface area contributed by atoms with E-state index in [0.717, 1.165) is 17.0 Å². The van der Waals surface area contributed by atoms with Gasteiger partial charge in [-0.05, 0) is 25.0 Å². The first-order chi connectivity index (χ1) is 4.76. The van der Waals surface area contributed by atoms with E-state index in [0.29, 0.717) is 5.88 Å². The highest BCUT2D eigenvalue weighted by molar-refractivity contribution is 6.32. The van der Waals surface area contributed by atoms with Crippen molar-refractivity contribution in [1.29, 1.82) is 0 Å². The van der Waals surface area contributed by atoms with Crippen LogP contribution in [0.4, 0.5) is 0 Å². The van der Waals surface area contributed by atoms with Crippen LogP contribution in [0.15, 0.2) is 22.8 Å². The molecule has 0 heterocycles. The topological polar surface area (TPSA) is 0 Å². The molecule has 0 amide bonds. The van der Waals surface area contributed by atoms with Crippen LogP contribution in [0.1, 0.15) is 20.3 Å². The molecule has 0 N–H and O–H groups in total. The summed E-state index contributed by atoms with van der Waals surface area (Å²) in [5, 5.41) is 0.778. The molecule has 0 aliphatic heterocycles. The maximum Gasteiger partial charge on any atom is 0.0450 e. The van der Waals surface area contributed by atoms with E-state index < -0.39 is 0 Å². The van der Waals surface area contributed by atoms with Crippen molar-refractivity contribution in [3.8, 4) is 0 Å². The summed E-state index contributed by atoms with van der Waals surface area (Å²) in [5.41, 5.74) is 1.10. The summed E-state index contributed by atoms with van der Waals surface area (Å²) in [7, 11) is 0. The average molecular weight is 179 g/mol. The van der Waals surface area contributed by atoms with Gasteiger partial charge in [0.2, 0.25) is 0 Å². The van der Waals surface area contributed by atoms with Crippen LogP contribution in [0.2, 0.25) is 0 Å². The van der Waals surface area contributed by atoms with Gasteiger partial charge in [-0.2, -0.15) is 0 Å². The van der Waals surface area contributed by atoms with Crippen molar-refractivity contribution in [1.82, 2.24) is 0 Å². The van der Waals surface area contributed by atoms with Crippen LogP contribution >= 0.6 is 23.2 Å². The molecule has 0 saturated carbocycles. The summed E-state index contributed by atoms with van der Waals surface area (Å²) in [6, 6.07) is 0. The number of allylic oxidation sites excluding steroid dienone is 4. The molecular formula is C8H12Cl2. The molecule has 0 spiro atoms. The van der Waals surface area contributed by atoms with Gasteiger partial charge in [-0.3, -0.25) is 0 Å². The second-order valence-electron chi connectivity index (χ2n) is 1.94. The van der Waals surface area contributed by atoms with E-state index in [1.807, 2.05) is 26.0 Å². The maximum atomic E-state index is 5.86. The normalized spacial score (nSPS) is 14.0. The monoisotopic (exact) mass is 178 g/mol. The molecule has 58 valence electrons. The quantitative estimate of drug-likeness (QED) is 0.457. The zero-order valence-electron chi connectivity index (χ0n) is 6.32. The van der Waals surface area contributed by atoms with Crippen LogP contribution in [-0.2, 0) is 0 Å². The molecule has 0 nitrogen and oxygen atoms in total. The molecule has 0 aromatic rings. The first kappa shape index (κ1) is 10.1. The van der Waals surface area contributed by atoms with E-state index in [-0.39, 0.29) is 0 Å². The highest BCUT2D eigenvalue weighted by Crippen LogP contribution is 2.15. The molecular weight excluding hydrogens is 167 g/mol. The number of alkyl halides is 1. The molecule has 0 aliphatic carbocycles. The summed E-state index contributed by atoms with van der Waals surface area (Å²) in [5.74, 6) is 0.527. The van der Waals surface area contributed by atoms with Crippen LogP contribution in [0.5, 0.6) is 0 Å². The van der Waals surface area contributed by atoms with Crippen molar-refractivity contribution in [2.75, 3.05) is 5.88 Å². The Morgan fingerprint density at radius 1 is 1.50 bits per heavy atom. The lowest BCUT2D eigenvalue weighted by Gasteiger charge is -1.98. The lowest BCUT2D eigenvalue weighted by Crippen LogP contribution is -1.83. The standard InChI is InChI=1S/C8H12Cl2/c1-3-5-8(10)7(4-2)6-9/h3,5H,4,6H2,1-2H3/b5-3-,8-7+. The number of hydrogen-bond donors (Lipinski definition) is 0. The third-order valence-corrected chi connectivity index (χ3v) is 1.95. The highest BCUT2D eigenvalue weighted by atomic mass is 35.5. The molecule has 0 unspecified atom stereocenters. The van der Waals surface area contributed by atoms with E-state index in [1.165, 1.54) is 0 Å². The van der Waals surface area contributed by atoms with Gasteiger partial charge in [0.05, 0.1) is 0 Å². The van der Waals surface area contributed by atoms with Gasteiger partial charge in [-0.25, -0.2) is 0 Å². The van der Waals surface area contributed by atoms with E-state index in [4.69, 9.17) is 23.2 Å². The highest BCUT2D eigenvalue weighted by Gasteiger charge is 1.95. The second-order valence-corrected chi connectivity index (χ2v) is 2.61. The van der Waals surface area contributed by atoms with Crippen molar-refractivity contribution >= 4 is 23.2 Å². The Morgan fingerprint density at radius 3 is 2.40 bits per heavy atom. The summed E-state index contributed by atoms with van der Waals surface area (Å²) in [6.45, 7) is 3.98. The minimum Gasteiger partial charge on any atom is -0.122 e. The fourth-order valence-electron chi connectivity index (χ4n) is 0.591. The van der Waals surface area contributed by atoms with Crippen molar-refractivity contribution in [2.24, 2.45) is 0 Å². The Balaban J connectivity index is 4.27. The Kier molecular flexibility index (Phi) is 5.85. The zero-order valence-corrected chi connectivity index (χ0v) is 7.84. The minimum atomic E-state index is 0.527. The van der Waals surface area contributed by atoms with E-state index in [2.05, 4.69) is 0 Å². The van der Waals surface area contributed by atoms with Crippen LogP contribution in [0, 0.1) is 0 Å². The summed E-state index contributed by atoms with van der Waals surface area (Å²) in [4.78, 5) is 0. The molecule has 0 aromatic carbocycles. The van der Waals surface area contributed by atoms with Crippen molar-refractivity contribution in [3.63, 3.8) is 0 Å². The molecule has 0 radical (unpaired) electrons. The van der Waals surface area contributed by atoms with Gasteiger partial charge < -0.3 is 0 Å². The molecule has 0 saturated heterocycles. The molecule has 0 aromatic heterocycles. The van der Waals surface area contributed by atoms with Crippen LogP contribution < -0.4 is 0 Å². The number of rotatable bonds is 3. The van der Waals surface area contributed by atoms with E-state index in [9.17, 15) is 0 Å². The fourth-order valence-corrected chi connectivity index (χ4v) is 1.32. The van der Waals surface area contributed by atoms with Crippen LogP contribution in [0.25, 0.3) is 0 Å². The maximum absolute atomic E-state index is 5.86. The minimum absolute atomic E-state index is 0.527. The molecule has 0 aliphatic rings. The summed E-state index contributed by atoms with van der Waals surface area (Å²) in [6.07, 6.45) is 4.69. The Labute approximate surface area is 72.5 Å².